The number of benzene rings is 2. The molecule has 3 rings (SSSR count). The number of para-hydroxylation sites is 2. The summed E-state index contributed by atoms with van der Waals surface area (Å²) in [5.41, 5.74) is 5.21. The van der Waals surface area contributed by atoms with Crippen LogP contribution in [-0.2, 0) is 4.79 Å². The number of fused-ring (bicyclic) bond motifs is 1. The highest BCUT2D eigenvalue weighted by atomic mass is 16.4. The zero-order valence-electron chi connectivity index (χ0n) is 13.8. The van der Waals surface area contributed by atoms with Gasteiger partial charge in [-0.3, -0.25) is 4.79 Å². The molecule has 0 bridgehead atoms. The van der Waals surface area contributed by atoms with Gasteiger partial charge in [0.15, 0.2) is 0 Å². The molecule has 1 unspecified atom stereocenters. The number of imidazole rings is 1. The summed E-state index contributed by atoms with van der Waals surface area (Å²) in [6.07, 6.45) is 0.0255. The average molecular weight is 323 g/mol. The van der Waals surface area contributed by atoms with Gasteiger partial charge < -0.3 is 15.4 Å². The van der Waals surface area contributed by atoms with Crippen LogP contribution in [0.15, 0.2) is 42.5 Å². The van der Waals surface area contributed by atoms with Gasteiger partial charge in [-0.15, -0.1) is 0 Å². The molecular weight excluding hydrogens is 302 g/mol. The molecule has 0 radical (unpaired) electrons. The summed E-state index contributed by atoms with van der Waals surface area (Å²) in [4.78, 5) is 19.0. The van der Waals surface area contributed by atoms with Crippen molar-refractivity contribution >= 4 is 22.7 Å². The van der Waals surface area contributed by atoms with E-state index in [-0.39, 0.29) is 12.3 Å². The van der Waals surface area contributed by atoms with Crippen molar-refractivity contribution in [1.82, 2.24) is 9.97 Å². The number of carboxylic acids is 1. The third-order valence-electron chi connectivity index (χ3n) is 4.27. The van der Waals surface area contributed by atoms with E-state index >= 15 is 0 Å². The third-order valence-corrected chi connectivity index (χ3v) is 4.27. The van der Waals surface area contributed by atoms with E-state index in [1.54, 1.807) is 0 Å². The summed E-state index contributed by atoms with van der Waals surface area (Å²) in [5.74, 6) is -0.353. The van der Waals surface area contributed by atoms with E-state index in [0.29, 0.717) is 12.4 Å². The Balaban J connectivity index is 1.80. The molecule has 0 amide bonds. The van der Waals surface area contributed by atoms with Crippen LogP contribution in [0.5, 0.6) is 0 Å². The first-order valence-corrected chi connectivity index (χ1v) is 8.00. The highest BCUT2D eigenvalue weighted by Gasteiger charge is 2.19. The lowest BCUT2D eigenvalue weighted by atomic mass is 10.0. The fourth-order valence-corrected chi connectivity index (χ4v) is 2.73. The molecular formula is C19H21N3O2. The lowest BCUT2D eigenvalue weighted by Crippen LogP contribution is -2.17. The van der Waals surface area contributed by atoms with Crippen molar-refractivity contribution in [1.29, 1.82) is 0 Å². The normalized spacial score (nSPS) is 12.2. The van der Waals surface area contributed by atoms with Gasteiger partial charge in [-0.25, -0.2) is 4.98 Å². The van der Waals surface area contributed by atoms with E-state index in [1.165, 1.54) is 11.1 Å². The summed E-state index contributed by atoms with van der Waals surface area (Å²) < 4.78 is 0. The van der Waals surface area contributed by atoms with Crippen LogP contribution in [0.4, 0.5) is 5.69 Å². The predicted octanol–water partition coefficient (Wildman–Crippen LogP) is 3.85. The van der Waals surface area contributed by atoms with Crippen LogP contribution in [0.1, 0.15) is 29.3 Å². The number of carboxylic acid groups (broad SMARTS) is 1. The predicted molar refractivity (Wildman–Crippen MR) is 95.5 cm³/mol. The molecule has 0 saturated carbocycles. The maximum Gasteiger partial charge on any atom is 0.304 e. The van der Waals surface area contributed by atoms with Gasteiger partial charge in [-0.2, -0.15) is 0 Å². The second-order valence-electron chi connectivity index (χ2n) is 6.11. The van der Waals surface area contributed by atoms with Gasteiger partial charge in [0.25, 0.3) is 0 Å². The van der Waals surface area contributed by atoms with Gasteiger partial charge in [0.1, 0.15) is 5.82 Å². The number of nitrogens with one attached hydrogen (secondary N) is 2. The zero-order chi connectivity index (χ0) is 17.1. The second-order valence-corrected chi connectivity index (χ2v) is 6.11. The monoisotopic (exact) mass is 323 g/mol. The second kappa shape index (κ2) is 6.74. The van der Waals surface area contributed by atoms with E-state index in [0.717, 1.165) is 16.7 Å². The van der Waals surface area contributed by atoms with Crippen LogP contribution < -0.4 is 5.32 Å². The SMILES string of the molecule is Cc1ccc(NCC(CC(=O)O)c2nc3ccccc3[nH]2)cc1C. The lowest BCUT2D eigenvalue weighted by molar-refractivity contribution is -0.137. The number of rotatable bonds is 6. The fraction of sp³-hybridized carbons (Fsp3) is 0.263. The molecule has 0 spiro atoms. The zero-order valence-corrected chi connectivity index (χ0v) is 13.8. The van der Waals surface area contributed by atoms with Crippen molar-refractivity contribution in [2.45, 2.75) is 26.2 Å². The molecule has 0 aliphatic heterocycles. The number of carbonyl (C=O) groups is 1. The van der Waals surface area contributed by atoms with Gasteiger partial charge in [-0.1, -0.05) is 18.2 Å². The van der Waals surface area contributed by atoms with Gasteiger partial charge >= 0.3 is 5.97 Å². The lowest BCUT2D eigenvalue weighted by Gasteiger charge is -2.15. The van der Waals surface area contributed by atoms with E-state index in [2.05, 4.69) is 41.3 Å². The Morgan fingerprint density at radius 2 is 2.00 bits per heavy atom. The number of aromatic nitrogens is 2. The number of aliphatic carboxylic acids is 1. The van der Waals surface area contributed by atoms with Crippen LogP contribution in [0, 0.1) is 13.8 Å². The van der Waals surface area contributed by atoms with Crippen molar-refractivity contribution < 1.29 is 9.90 Å². The number of aromatic amines is 1. The molecule has 0 fully saturated rings. The Bertz CT molecular complexity index is 837. The Kier molecular flexibility index (Phi) is 4.51. The molecule has 5 heteroatoms. The Morgan fingerprint density at radius 3 is 2.71 bits per heavy atom. The number of aryl methyl sites for hydroxylation is 2. The molecule has 2 aromatic carbocycles. The largest absolute Gasteiger partial charge is 0.481 e. The van der Waals surface area contributed by atoms with Crippen molar-refractivity contribution in [2.75, 3.05) is 11.9 Å². The average Bonchev–Trinajstić information content (AvgIpc) is 2.98. The summed E-state index contributed by atoms with van der Waals surface area (Å²) in [7, 11) is 0. The van der Waals surface area contributed by atoms with Crippen LogP contribution in [0.2, 0.25) is 0 Å². The first-order chi connectivity index (χ1) is 11.5. The van der Waals surface area contributed by atoms with E-state index in [1.807, 2.05) is 30.3 Å². The van der Waals surface area contributed by atoms with E-state index in [9.17, 15) is 9.90 Å². The van der Waals surface area contributed by atoms with Crippen LogP contribution in [0.25, 0.3) is 11.0 Å². The maximum absolute atomic E-state index is 11.2. The molecule has 0 saturated heterocycles. The molecule has 1 heterocycles. The Hall–Kier alpha value is -2.82. The van der Waals surface area contributed by atoms with Gasteiger partial charge in [0.2, 0.25) is 0 Å². The number of hydrogen-bond acceptors (Lipinski definition) is 3. The number of H-pyrrole nitrogens is 1. The molecule has 3 N–H and O–H groups in total. The summed E-state index contributed by atoms with van der Waals surface area (Å²) >= 11 is 0. The highest BCUT2D eigenvalue weighted by molar-refractivity contribution is 5.75. The summed E-state index contributed by atoms with van der Waals surface area (Å²) in [6, 6.07) is 13.9. The van der Waals surface area contributed by atoms with E-state index in [4.69, 9.17) is 0 Å². The van der Waals surface area contributed by atoms with Crippen molar-refractivity contribution in [3.63, 3.8) is 0 Å². The number of nitrogens with zero attached hydrogens (tertiary/aromatic N) is 1. The minimum Gasteiger partial charge on any atom is -0.481 e. The fourth-order valence-electron chi connectivity index (χ4n) is 2.73. The Morgan fingerprint density at radius 1 is 1.21 bits per heavy atom. The van der Waals surface area contributed by atoms with Gasteiger partial charge in [0.05, 0.1) is 17.5 Å². The molecule has 0 aliphatic rings. The number of hydrogen-bond donors (Lipinski definition) is 3. The molecule has 3 aromatic rings. The summed E-state index contributed by atoms with van der Waals surface area (Å²) in [5, 5.41) is 12.6. The van der Waals surface area contributed by atoms with Crippen molar-refractivity contribution in [3.05, 3.63) is 59.4 Å². The maximum atomic E-state index is 11.2. The third kappa shape index (κ3) is 3.56. The molecule has 1 atom stereocenters. The minimum atomic E-state index is -0.831. The topological polar surface area (TPSA) is 78.0 Å². The van der Waals surface area contributed by atoms with Crippen LogP contribution in [0.3, 0.4) is 0 Å². The first kappa shape index (κ1) is 16.1. The van der Waals surface area contributed by atoms with E-state index < -0.39 is 5.97 Å². The van der Waals surface area contributed by atoms with Crippen molar-refractivity contribution in [2.24, 2.45) is 0 Å². The van der Waals surface area contributed by atoms with Crippen LogP contribution in [-0.4, -0.2) is 27.6 Å². The van der Waals surface area contributed by atoms with Crippen molar-refractivity contribution in [3.8, 4) is 0 Å². The van der Waals surface area contributed by atoms with Gasteiger partial charge in [0, 0.05) is 18.2 Å². The first-order valence-electron chi connectivity index (χ1n) is 8.00. The smallest absolute Gasteiger partial charge is 0.304 e. The standard InChI is InChI=1S/C19H21N3O2/c1-12-7-8-15(9-13(12)2)20-11-14(10-18(23)24)19-21-16-5-3-4-6-17(16)22-19/h3-9,14,20H,10-11H2,1-2H3,(H,21,22)(H,23,24). The van der Waals surface area contributed by atoms with Crippen LogP contribution >= 0.6 is 0 Å². The van der Waals surface area contributed by atoms with Gasteiger partial charge in [-0.05, 0) is 49.2 Å². The summed E-state index contributed by atoms with van der Waals surface area (Å²) in [6.45, 7) is 4.64. The molecule has 1 aromatic heterocycles. The molecule has 24 heavy (non-hydrogen) atoms. The molecule has 124 valence electrons. The minimum absolute atomic E-state index is 0.0255. The molecule has 0 aliphatic carbocycles. The highest BCUT2D eigenvalue weighted by Crippen LogP contribution is 2.22. The number of anilines is 1. The Labute approximate surface area is 140 Å². The molecule has 5 nitrogen and oxygen atoms in total. The quantitative estimate of drug-likeness (QED) is 0.644.